The number of carbonyl (C=O) groups excluding carboxylic acids is 2. The standard InChI is InChI=1S/C11H20N2O3/c1-3-16-10(14)7-13-11(15)9-4-5-12-8(2)6-9/h8-9,12H,3-7H2,1-2H3,(H,13,15). The molecule has 0 aromatic rings. The van der Waals surface area contributed by atoms with E-state index in [1.54, 1.807) is 6.92 Å². The van der Waals surface area contributed by atoms with Crippen LogP contribution < -0.4 is 10.6 Å². The number of hydrogen-bond donors (Lipinski definition) is 2. The lowest BCUT2D eigenvalue weighted by molar-refractivity contribution is -0.144. The number of rotatable bonds is 4. The number of nitrogens with one attached hydrogen (secondary N) is 2. The van der Waals surface area contributed by atoms with E-state index in [4.69, 9.17) is 4.74 Å². The number of hydrogen-bond acceptors (Lipinski definition) is 4. The third-order valence-corrected chi connectivity index (χ3v) is 2.71. The largest absolute Gasteiger partial charge is 0.465 e. The van der Waals surface area contributed by atoms with E-state index in [2.05, 4.69) is 17.6 Å². The molecule has 2 unspecified atom stereocenters. The number of piperidine rings is 1. The molecule has 0 aromatic heterocycles. The Bertz CT molecular complexity index is 256. The zero-order valence-electron chi connectivity index (χ0n) is 9.91. The molecule has 0 bridgehead atoms. The van der Waals surface area contributed by atoms with Gasteiger partial charge in [-0.25, -0.2) is 0 Å². The van der Waals surface area contributed by atoms with Crippen LogP contribution >= 0.6 is 0 Å². The summed E-state index contributed by atoms with van der Waals surface area (Å²) < 4.78 is 4.73. The second kappa shape index (κ2) is 6.48. The normalized spacial score (nSPS) is 24.9. The van der Waals surface area contributed by atoms with Gasteiger partial charge in [-0.05, 0) is 33.2 Å². The Kier molecular flexibility index (Phi) is 5.25. The fourth-order valence-electron chi connectivity index (χ4n) is 1.89. The van der Waals surface area contributed by atoms with Crippen molar-refractivity contribution in [2.75, 3.05) is 19.7 Å². The maximum absolute atomic E-state index is 11.7. The average molecular weight is 228 g/mol. The molecule has 1 aliphatic rings. The highest BCUT2D eigenvalue weighted by Crippen LogP contribution is 2.15. The molecule has 5 nitrogen and oxygen atoms in total. The summed E-state index contributed by atoms with van der Waals surface area (Å²) in [6.07, 6.45) is 1.66. The van der Waals surface area contributed by atoms with Crippen molar-refractivity contribution in [3.63, 3.8) is 0 Å². The molecule has 0 radical (unpaired) electrons. The predicted molar refractivity (Wildman–Crippen MR) is 59.8 cm³/mol. The molecule has 0 spiro atoms. The highest BCUT2D eigenvalue weighted by molar-refractivity contribution is 5.83. The summed E-state index contributed by atoms with van der Waals surface area (Å²) in [5, 5.41) is 5.90. The Hall–Kier alpha value is -1.10. The Morgan fingerprint density at radius 2 is 2.25 bits per heavy atom. The summed E-state index contributed by atoms with van der Waals surface area (Å²) in [5.74, 6) is -0.398. The second-order valence-electron chi connectivity index (χ2n) is 4.10. The van der Waals surface area contributed by atoms with Gasteiger partial charge < -0.3 is 15.4 Å². The first-order valence-corrected chi connectivity index (χ1v) is 5.80. The number of ether oxygens (including phenoxy) is 1. The lowest BCUT2D eigenvalue weighted by atomic mass is 9.92. The molecule has 1 amide bonds. The van der Waals surface area contributed by atoms with Crippen molar-refractivity contribution in [3.05, 3.63) is 0 Å². The van der Waals surface area contributed by atoms with E-state index >= 15 is 0 Å². The van der Waals surface area contributed by atoms with Gasteiger partial charge in [0, 0.05) is 12.0 Å². The van der Waals surface area contributed by atoms with E-state index < -0.39 is 0 Å². The van der Waals surface area contributed by atoms with E-state index in [9.17, 15) is 9.59 Å². The topological polar surface area (TPSA) is 67.4 Å². The number of carbonyl (C=O) groups is 2. The van der Waals surface area contributed by atoms with Gasteiger partial charge in [-0.2, -0.15) is 0 Å². The van der Waals surface area contributed by atoms with Crippen molar-refractivity contribution in [2.45, 2.75) is 32.7 Å². The van der Waals surface area contributed by atoms with E-state index in [1.807, 2.05) is 0 Å². The van der Waals surface area contributed by atoms with Crippen molar-refractivity contribution in [2.24, 2.45) is 5.92 Å². The highest BCUT2D eigenvalue weighted by atomic mass is 16.5. The van der Waals surface area contributed by atoms with Crippen LogP contribution in [0.3, 0.4) is 0 Å². The lowest BCUT2D eigenvalue weighted by Gasteiger charge is -2.26. The molecule has 2 atom stereocenters. The van der Waals surface area contributed by atoms with Gasteiger partial charge >= 0.3 is 5.97 Å². The van der Waals surface area contributed by atoms with Gasteiger partial charge in [-0.15, -0.1) is 0 Å². The van der Waals surface area contributed by atoms with Crippen LogP contribution in [0.4, 0.5) is 0 Å². The Balaban J connectivity index is 2.26. The molecule has 0 saturated carbocycles. The molecule has 5 heteroatoms. The second-order valence-corrected chi connectivity index (χ2v) is 4.10. The lowest BCUT2D eigenvalue weighted by Crippen LogP contribution is -2.43. The van der Waals surface area contributed by atoms with E-state index in [-0.39, 0.29) is 24.3 Å². The first-order valence-electron chi connectivity index (χ1n) is 5.80. The zero-order valence-corrected chi connectivity index (χ0v) is 9.91. The van der Waals surface area contributed by atoms with Crippen molar-refractivity contribution in [1.29, 1.82) is 0 Å². The predicted octanol–water partition coefficient (Wildman–Crippen LogP) is 0.0538. The third-order valence-electron chi connectivity index (χ3n) is 2.71. The van der Waals surface area contributed by atoms with Gasteiger partial charge in [-0.1, -0.05) is 0 Å². The quantitative estimate of drug-likeness (QED) is 0.667. The Labute approximate surface area is 95.9 Å². The van der Waals surface area contributed by atoms with Crippen molar-refractivity contribution >= 4 is 11.9 Å². The fourth-order valence-corrected chi connectivity index (χ4v) is 1.89. The summed E-state index contributed by atoms with van der Waals surface area (Å²) in [5.41, 5.74) is 0. The van der Waals surface area contributed by atoms with Crippen LogP contribution in [0.25, 0.3) is 0 Å². The summed E-state index contributed by atoms with van der Waals surface area (Å²) in [4.78, 5) is 22.8. The average Bonchev–Trinajstić information content (AvgIpc) is 2.26. The van der Waals surface area contributed by atoms with Crippen molar-refractivity contribution in [3.8, 4) is 0 Å². The third kappa shape index (κ3) is 4.18. The minimum atomic E-state index is -0.377. The summed E-state index contributed by atoms with van der Waals surface area (Å²) >= 11 is 0. The number of amides is 1. The molecule has 0 aliphatic carbocycles. The van der Waals surface area contributed by atoms with Crippen LogP contribution in [0.2, 0.25) is 0 Å². The monoisotopic (exact) mass is 228 g/mol. The van der Waals surface area contributed by atoms with Crippen molar-refractivity contribution in [1.82, 2.24) is 10.6 Å². The van der Waals surface area contributed by atoms with Gasteiger partial charge in [0.1, 0.15) is 6.54 Å². The zero-order chi connectivity index (χ0) is 12.0. The van der Waals surface area contributed by atoms with Crippen LogP contribution in [0.5, 0.6) is 0 Å². The molecule has 1 heterocycles. The molecule has 1 aliphatic heterocycles. The first-order chi connectivity index (χ1) is 7.63. The molecule has 16 heavy (non-hydrogen) atoms. The minimum absolute atomic E-state index is 0.0191. The summed E-state index contributed by atoms with van der Waals surface area (Å²) in [6.45, 7) is 4.99. The van der Waals surface area contributed by atoms with E-state index in [1.165, 1.54) is 0 Å². The van der Waals surface area contributed by atoms with E-state index in [0.717, 1.165) is 19.4 Å². The first kappa shape index (κ1) is 13.0. The maximum Gasteiger partial charge on any atom is 0.325 e. The molecular formula is C11H20N2O3. The van der Waals surface area contributed by atoms with Gasteiger partial charge in [0.2, 0.25) is 5.91 Å². The molecule has 1 saturated heterocycles. The van der Waals surface area contributed by atoms with Gasteiger partial charge in [-0.3, -0.25) is 9.59 Å². The van der Waals surface area contributed by atoms with Crippen LogP contribution in [0.1, 0.15) is 26.7 Å². The van der Waals surface area contributed by atoms with Gasteiger partial charge in [0.15, 0.2) is 0 Å². The van der Waals surface area contributed by atoms with E-state index in [0.29, 0.717) is 12.6 Å². The molecule has 92 valence electrons. The van der Waals surface area contributed by atoms with Crippen LogP contribution in [0.15, 0.2) is 0 Å². The van der Waals surface area contributed by atoms with Crippen LogP contribution in [-0.4, -0.2) is 37.6 Å². The maximum atomic E-state index is 11.7. The van der Waals surface area contributed by atoms with Gasteiger partial charge in [0.25, 0.3) is 0 Å². The van der Waals surface area contributed by atoms with Crippen LogP contribution in [-0.2, 0) is 14.3 Å². The number of esters is 1. The minimum Gasteiger partial charge on any atom is -0.465 e. The van der Waals surface area contributed by atoms with Crippen molar-refractivity contribution < 1.29 is 14.3 Å². The Morgan fingerprint density at radius 1 is 1.50 bits per heavy atom. The molecule has 2 N–H and O–H groups in total. The van der Waals surface area contributed by atoms with Gasteiger partial charge in [0.05, 0.1) is 6.61 Å². The summed E-state index contributed by atoms with van der Waals surface area (Å²) in [6, 6.07) is 0.368. The highest BCUT2D eigenvalue weighted by Gasteiger charge is 2.24. The fraction of sp³-hybridized carbons (Fsp3) is 0.818. The van der Waals surface area contributed by atoms with Crippen LogP contribution in [0, 0.1) is 5.92 Å². The molecule has 1 fully saturated rings. The molecule has 1 rings (SSSR count). The molecular weight excluding hydrogens is 208 g/mol. The summed E-state index contributed by atoms with van der Waals surface area (Å²) in [7, 11) is 0. The Morgan fingerprint density at radius 3 is 2.88 bits per heavy atom. The SMILES string of the molecule is CCOC(=O)CNC(=O)C1CCNC(C)C1. The molecule has 0 aromatic carbocycles. The smallest absolute Gasteiger partial charge is 0.325 e.